The van der Waals surface area contributed by atoms with Gasteiger partial charge in [0.05, 0.1) is 0 Å². The van der Waals surface area contributed by atoms with Crippen molar-refractivity contribution in [2.24, 2.45) is 0 Å². The molecule has 0 fully saturated rings. The van der Waals surface area contributed by atoms with E-state index in [1.165, 1.54) is 5.56 Å². The summed E-state index contributed by atoms with van der Waals surface area (Å²) in [6.07, 6.45) is 3.70. The van der Waals surface area contributed by atoms with Crippen molar-refractivity contribution in [2.45, 2.75) is 0 Å². The van der Waals surface area contributed by atoms with Crippen molar-refractivity contribution < 1.29 is 20.1 Å². The Morgan fingerprint density at radius 1 is 0.484 bits per heavy atom. The predicted molar refractivity (Wildman–Crippen MR) is 122 cm³/mol. The van der Waals surface area contributed by atoms with E-state index < -0.39 is 0 Å². The van der Waals surface area contributed by atoms with Crippen molar-refractivity contribution in [3.8, 4) is 33.6 Å². The molecular weight excluding hydrogens is 557 g/mol. The van der Waals surface area contributed by atoms with Gasteiger partial charge in [-0.2, -0.15) is 0 Å². The van der Waals surface area contributed by atoms with E-state index in [4.69, 9.17) is 0 Å². The number of nitrogens with zero attached hydrogens (tertiary/aromatic N) is 2. The van der Waals surface area contributed by atoms with Gasteiger partial charge in [-0.25, -0.2) is 0 Å². The van der Waals surface area contributed by atoms with Gasteiger partial charge in [0.2, 0.25) is 0 Å². The zero-order valence-corrected chi connectivity index (χ0v) is 19.2. The number of hydrogen-bond acceptors (Lipinski definition) is 2. The van der Waals surface area contributed by atoms with Gasteiger partial charge < -0.3 is 9.97 Å². The standard InChI is InChI=1S/C17H12N.C11H8N.Ir/c1-3-7-14(8-4-1)16-11-12-17(18-13-16)15-9-5-2-6-10-15;1-2-6-10(7-3-1)11-8-4-5-9-12-11;/h1-9,11-13H;1-6,8-9H;/q2*-1;. The molecule has 0 bridgehead atoms. The van der Waals surface area contributed by atoms with E-state index in [2.05, 4.69) is 40.3 Å². The predicted octanol–water partition coefficient (Wildman–Crippen LogP) is 6.76. The Bertz CT molecular complexity index is 1050. The van der Waals surface area contributed by atoms with Crippen LogP contribution in [-0.4, -0.2) is 9.97 Å². The van der Waals surface area contributed by atoms with Gasteiger partial charge in [-0.05, 0) is 28.6 Å². The second-order valence-corrected chi connectivity index (χ2v) is 6.57. The first kappa shape index (κ1) is 22.3. The fourth-order valence-corrected chi connectivity index (χ4v) is 2.98. The van der Waals surface area contributed by atoms with Crippen molar-refractivity contribution in [1.82, 2.24) is 9.97 Å². The number of rotatable bonds is 3. The van der Waals surface area contributed by atoms with Crippen LogP contribution < -0.4 is 0 Å². The van der Waals surface area contributed by atoms with Crippen molar-refractivity contribution in [1.29, 1.82) is 0 Å². The molecule has 0 aliphatic rings. The largest absolute Gasteiger partial charge is 0.305 e. The minimum absolute atomic E-state index is 0. The third-order valence-corrected chi connectivity index (χ3v) is 4.51. The van der Waals surface area contributed by atoms with E-state index >= 15 is 0 Å². The average molecular weight is 577 g/mol. The molecule has 1 radical (unpaired) electrons. The number of aromatic nitrogens is 2. The Hall–Kier alpha value is -3.39. The van der Waals surface area contributed by atoms with Gasteiger partial charge in [0.15, 0.2) is 0 Å². The number of benzene rings is 3. The van der Waals surface area contributed by atoms with E-state index in [9.17, 15) is 0 Å². The zero-order valence-electron chi connectivity index (χ0n) is 16.8. The summed E-state index contributed by atoms with van der Waals surface area (Å²) in [4.78, 5) is 8.71. The molecule has 0 saturated heterocycles. The molecule has 0 atom stereocenters. The van der Waals surface area contributed by atoms with Crippen LogP contribution in [0.1, 0.15) is 0 Å². The summed E-state index contributed by atoms with van der Waals surface area (Å²) in [6.45, 7) is 0. The van der Waals surface area contributed by atoms with Crippen LogP contribution in [0.5, 0.6) is 0 Å². The maximum atomic E-state index is 4.49. The van der Waals surface area contributed by atoms with E-state index in [1.807, 2.05) is 97.2 Å². The summed E-state index contributed by atoms with van der Waals surface area (Å²) in [7, 11) is 0. The van der Waals surface area contributed by atoms with Gasteiger partial charge in [0, 0.05) is 32.5 Å². The summed E-state index contributed by atoms with van der Waals surface area (Å²) in [6, 6.07) is 42.3. The monoisotopic (exact) mass is 577 g/mol. The van der Waals surface area contributed by atoms with E-state index in [0.717, 1.165) is 28.1 Å². The fraction of sp³-hybridized carbons (Fsp3) is 0. The van der Waals surface area contributed by atoms with Crippen LogP contribution in [0.2, 0.25) is 0 Å². The SMILES string of the molecule is [Ir].[c-]1ccccc1-c1ccc(-c2ccccc2)cn1.[c-]1ccccc1-c1ccccn1. The van der Waals surface area contributed by atoms with Crippen LogP contribution in [-0.2, 0) is 20.1 Å². The topological polar surface area (TPSA) is 25.8 Å². The van der Waals surface area contributed by atoms with Crippen LogP contribution in [0.25, 0.3) is 33.6 Å². The molecule has 0 amide bonds. The third-order valence-electron chi connectivity index (χ3n) is 4.51. The van der Waals surface area contributed by atoms with Gasteiger partial charge in [0.1, 0.15) is 0 Å². The smallest absolute Gasteiger partial charge is 0.0239 e. The van der Waals surface area contributed by atoms with Crippen LogP contribution in [0.3, 0.4) is 0 Å². The Kier molecular flexibility index (Phi) is 8.42. The summed E-state index contributed by atoms with van der Waals surface area (Å²) in [5, 5.41) is 0. The molecule has 0 N–H and O–H groups in total. The van der Waals surface area contributed by atoms with Crippen LogP contribution >= 0.6 is 0 Å². The van der Waals surface area contributed by atoms with Gasteiger partial charge in [-0.15, -0.1) is 71.8 Å². The number of pyridine rings is 2. The molecule has 3 heteroatoms. The van der Waals surface area contributed by atoms with Crippen LogP contribution in [0.4, 0.5) is 0 Å². The molecule has 5 rings (SSSR count). The first-order chi connectivity index (χ1) is 14.9. The van der Waals surface area contributed by atoms with Gasteiger partial charge in [-0.3, -0.25) is 0 Å². The molecule has 0 saturated carbocycles. The second-order valence-electron chi connectivity index (χ2n) is 6.57. The molecule has 2 heterocycles. The molecule has 0 aliphatic heterocycles. The normalized spacial score (nSPS) is 9.68. The van der Waals surface area contributed by atoms with Gasteiger partial charge in [-0.1, -0.05) is 54.6 Å². The zero-order chi connectivity index (χ0) is 20.4. The molecular formula is C28H20IrN2-2. The summed E-state index contributed by atoms with van der Waals surface area (Å²) < 4.78 is 0. The Balaban J connectivity index is 0.000000183. The van der Waals surface area contributed by atoms with Gasteiger partial charge >= 0.3 is 0 Å². The molecule has 2 aromatic heterocycles. The van der Waals surface area contributed by atoms with Crippen molar-refractivity contribution in [3.63, 3.8) is 0 Å². The average Bonchev–Trinajstić information content (AvgIpc) is 2.87. The van der Waals surface area contributed by atoms with E-state index in [0.29, 0.717) is 0 Å². The molecule has 31 heavy (non-hydrogen) atoms. The third kappa shape index (κ3) is 6.29. The van der Waals surface area contributed by atoms with Gasteiger partial charge in [0.25, 0.3) is 0 Å². The van der Waals surface area contributed by atoms with Crippen LogP contribution in [0.15, 0.2) is 122 Å². The van der Waals surface area contributed by atoms with Crippen molar-refractivity contribution >= 4 is 0 Å². The van der Waals surface area contributed by atoms with Crippen LogP contribution in [0, 0.1) is 12.1 Å². The van der Waals surface area contributed by atoms with Crippen molar-refractivity contribution in [3.05, 3.63) is 134 Å². The fourth-order valence-electron chi connectivity index (χ4n) is 2.98. The molecule has 0 unspecified atom stereocenters. The van der Waals surface area contributed by atoms with E-state index in [-0.39, 0.29) is 20.1 Å². The summed E-state index contributed by atoms with van der Waals surface area (Å²) >= 11 is 0. The Labute approximate surface area is 197 Å². The summed E-state index contributed by atoms with van der Waals surface area (Å²) in [5.74, 6) is 0. The minimum Gasteiger partial charge on any atom is -0.305 e. The van der Waals surface area contributed by atoms with Crippen molar-refractivity contribution in [2.75, 3.05) is 0 Å². The second kappa shape index (κ2) is 11.7. The first-order valence-electron chi connectivity index (χ1n) is 9.77. The number of hydrogen-bond donors (Lipinski definition) is 0. The quantitative estimate of drug-likeness (QED) is 0.222. The molecule has 153 valence electrons. The maximum absolute atomic E-state index is 4.49. The molecule has 3 aromatic carbocycles. The Morgan fingerprint density at radius 2 is 1.10 bits per heavy atom. The van der Waals surface area contributed by atoms with E-state index in [1.54, 1.807) is 6.20 Å². The molecule has 2 nitrogen and oxygen atoms in total. The molecule has 0 spiro atoms. The first-order valence-corrected chi connectivity index (χ1v) is 9.77. The molecule has 5 aromatic rings. The molecule has 0 aliphatic carbocycles. The minimum atomic E-state index is 0. The maximum Gasteiger partial charge on any atom is 0.0239 e. The summed E-state index contributed by atoms with van der Waals surface area (Å²) in [5.41, 5.74) is 6.31. The Morgan fingerprint density at radius 3 is 1.61 bits per heavy atom.